The number of ether oxygens (including phenoxy) is 1. The van der Waals surface area contributed by atoms with Crippen LogP contribution in [0.15, 0.2) is 12.2 Å². The SMILES string of the molecule is CCC/C=C/CCCOCC[N+](CO)(CO)CCC(=O)[O-]. The lowest BCUT2D eigenvalue weighted by atomic mass is 10.2. The highest BCUT2D eigenvalue weighted by Crippen LogP contribution is 2.06. The Hall–Kier alpha value is -0.950. The van der Waals surface area contributed by atoms with Gasteiger partial charge in [0.25, 0.3) is 0 Å². The minimum absolute atomic E-state index is 0.0929. The number of hydrogen-bond acceptors (Lipinski definition) is 5. The van der Waals surface area contributed by atoms with Crippen molar-refractivity contribution in [2.24, 2.45) is 0 Å². The number of nitrogens with zero attached hydrogens (tertiary/aromatic N) is 1. The van der Waals surface area contributed by atoms with Crippen LogP contribution in [-0.2, 0) is 9.53 Å². The molecule has 0 bridgehead atoms. The maximum Gasteiger partial charge on any atom is 0.182 e. The smallest absolute Gasteiger partial charge is 0.182 e. The van der Waals surface area contributed by atoms with Gasteiger partial charge in [-0.25, -0.2) is 0 Å². The van der Waals surface area contributed by atoms with Gasteiger partial charge in [-0.1, -0.05) is 25.5 Å². The predicted molar refractivity (Wildman–Crippen MR) is 77.9 cm³/mol. The number of carbonyl (C=O) groups excluding carboxylic acids is 1. The first-order valence-corrected chi connectivity index (χ1v) is 7.59. The highest BCUT2D eigenvalue weighted by atomic mass is 16.5. The molecule has 0 aromatic carbocycles. The maximum atomic E-state index is 10.5. The van der Waals surface area contributed by atoms with Crippen molar-refractivity contribution in [2.75, 3.05) is 39.8 Å². The molecule has 0 fully saturated rings. The molecule has 0 aromatic heterocycles. The van der Waals surface area contributed by atoms with E-state index in [0.29, 0.717) is 19.8 Å². The van der Waals surface area contributed by atoms with Gasteiger partial charge in [0.1, 0.15) is 6.54 Å². The number of carboxylic acids is 1. The van der Waals surface area contributed by atoms with Crippen LogP contribution in [0.3, 0.4) is 0 Å². The van der Waals surface area contributed by atoms with E-state index in [1.807, 2.05) is 0 Å². The lowest BCUT2D eigenvalue weighted by Gasteiger charge is -2.34. The van der Waals surface area contributed by atoms with Gasteiger partial charge < -0.3 is 24.9 Å². The van der Waals surface area contributed by atoms with Crippen LogP contribution in [0.1, 0.15) is 39.0 Å². The lowest BCUT2D eigenvalue weighted by Crippen LogP contribution is -2.53. The highest BCUT2D eigenvalue weighted by molar-refractivity contribution is 5.64. The second-order valence-electron chi connectivity index (χ2n) is 5.21. The summed E-state index contributed by atoms with van der Waals surface area (Å²) in [6.45, 7) is 3.03. The first kappa shape index (κ1) is 20.1. The number of quaternary nitrogens is 1. The molecule has 6 nitrogen and oxygen atoms in total. The van der Waals surface area contributed by atoms with Gasteiger partial charge in [0, 0.05) is 19.0 Å². The van der Waals surface area contributed by atoms with Gasteiger partial charge in [-0.3, -0.25) is 4.48 Å². The molecule has 0 rings (SSSR count). The van der Waals surface area contributed by atoms with Crippen molar-refractivity contribution in [3.05, 3.63) is 12.2 Å². The maximum absolute atomic E-state index is 10.5. The van der Waals surface area contributed by atoms with Crippen molar-refractivity contribution >= 4 is 5.97 Å². The quantitative estimate of drug-likeness (QED) is 0.204. The summed E-state index contributed by atoms with van der Waals surface area (Å²) < 4.78 is 5.38. The van der Waals surface area contributed by atoms with Crippen molar-refractivity contribution in [3.63, 3.8) is 0 Å². The molecule has 0 saturated heterocycles. The van der Waals surface area contributed by atoms with Crippen LogP contribution >= 0.6 is 0 Å². The summed E-state index contributed by atoms with van der Waals surface area (Å²) in [7, 11) is 0. The fourth-order valence-corrected chi connectivity index (χ4v) is 1.83. The molecule has 0 aliphatic heterocycles. The second-order valence-corrected chi connectivity index (χ2v) is 5.21. The van der Waals surface area contributed by atoms with Crippen LogP contribution in [0.2, 0.25) is 0 Å². The number of aliphatic carboxylic acids is 1. The molecular formula is C15H29NO5. The van der Waals surface area contributed by atoms with E-state index < -0.39 is 5.97 Å². The number of unbranched alkanes of at least 4 members (excludes halogenated alkanes) is 2. The molecule has 6 heteroatoms. The minimum atomic E-state index is -1.18. The summed E-state index contributed by atoms with van der Waals surface area (Å²) in [6.07, 6.45) is 8.28. The number of carboxylic acid groups (broad SMARTS) is 1. The molecular weight excluding hydrogens is 274 g/mol. The Morgan fingerprint density at radius 2 is 1.81 bits per heavy atom. The second kappa shape index (κ2) is 12.8. The summed E-state index contributed by atoms with van der Waals surface area (Å²) in [5.41, 5.74) is 0. The lowest BCUT2D eigenvalue weighted by molar-refractivity contribution is -0.961. The van der Waals surface area contributed by atoms with Gasteiger partial charge in [-0.05, 0) is 19.3 Å². The summed E-state index contributed by atoms with van der Waals surface area (Å²) in [5, 5.41) is 29.2. The number of aliphatic hydroxyl groups is 2. The summed E-state index contributed by atoms with van der Waals surface area (Å²) >= 11 is 0. The zero-order chi connectivity index (χ0) is 16.0. The molecule has 0 amide bonds. The molecule has 0 unspecified atom stereocenters. The summed E-state index contributed by atoms with van der Waals surface area (Å²) in [4.78, 5) is 10.5. The van der Waals surface area contributed by atoms with Crippen LogP contribution in [0.4, 0.5) is 0 Å². The minimum Gasteiger partial charge on any atom is -0.550 e. The zero-order valence-electron chi connectivity index (χ0n) is 13.0. The first-order valence-electron chi connectivity index (χ1n) is 7.59. The summed E-state index contributed by atoms with van der Waals surface area (Å²) in [5.74, 6) is -1.18. The molecule has 0 spiro atoms. The molecule has 2 N–H and O–H groups in total. The highest BCUT2D eigenvalue weighted by Gasteiger charge is 2.24. The van der Waals surface area contributed by atoms with E-state index in [1.165, 1.54) is 0 Å². The Morgan fingerprint density at radius 3 is 2.38 bits per heavy atom. The third-order valence-corrected chi connectivity index (χ3v) is 3.38. The van der Waals surface area contributed by atoms with Gasteiger partial charge in [-0.15, -0.1) is 0 Å². The van der Waals surface area contributed by atoms with Gasteiger partial charge in [-0.2, -0.15) is 0 Å². The van der Waals surface area contributed by atoms with Crippen molar-refractivity contribution in [1.82, 2.24) is 0 Å². The monoisotopic (exact) mass is 303 g/mol. The van der Waals surface area contributed by atoms with E-state index in [1.54, 1.807) is 0 Å². The molecule has 0 radical (unpaired) electrons. The van der Waals surface area contributed by atoms with Gasteiger partial charge in [0.2, 0.25) is 0 Å². The topological polar surface area (TPSA) is 89.8 Å². The number of aliphatic hydroxyl groups excluding tert-OH is 2. The average molecular weight is 303 g/mol. The molecule has 0 aromatic rings. The van der Waals surface area contributed by atoms with Gasteiger partial charge in [0.15, 0.2) is 13.5 Å². The molecule has 0 heterocycles. The van der Waals surface area contributed by atoms with Crippen LogP contribution in [0.5, 0.6) is 0 Å². The molecule has 0 aliphatic rings. The van der Waals surface area contributed by atoms with Crippen molar-refractivity contribution < 1.29 is 29.3 Å². The Kier molecular flexibility index (Phi) is 12.2. The summed E-state index contributed by atoms with van der Waals surface area (Å²) in [6, 6.07) is 0. The van der Waals surface area contributed by atoms with Crippen molar-refractivity contribution in [3.8, 4) is 0 Å². The van der Waals surface area contributed by atoms with Crippen molar-refractivity contribution in [2.45, 2.75) is 39.0 Å². The van der Waals surface area contributed by atoms with Crippen LogP contribution in [0.25, 0.3) is 0 Å². The standard InChI is InChI=1S/C15H29NO5/c1-2-3-4-5-6-7-11-21-12-10-16(13-17,14-18)9-8-15(19)20/h4-5,17-18H,2-3,6-14H2,1H3/b5-4+. The third-order valence-electron chi connectivity index (χ3n) is 3.38. The molecule has 21 heavy (non-hydrogen) atoms. The number of rotatable bonds is 14. The van der Waals surface area contributed by atoms with Gasteiger partial charge >= 0.3 is 0 Å². The Morgan fingerprint density at radius 1 is 1.14 bits per heavy atom. The van der Waals surface area contributed by atoms with E-state index >= 15 is 0 Å². The predicted octanol–water partition coefficient (Wildman–Crippen LogP) is -0.00410. The van der Waals surface area contributed by atoms with E-state index in [2.05, 4.69) is 19.1 Å². The number of allylic oxidation sites excluding steroid dienone is 2. The van der Waals surface area contributed by atoms with Crippen LogP contribution in [-0.4, -0.2) is 60.4 Å². The molecule has 0 saturated carbocycles. The first-order chi connectivity index (χ1) is 10.1. The average Bonchev–Trinajstić information content (AvgIpc) is 2.49. The number of carbonyl (C=O) groups is 1. The fraction of sp³-hybridized carbons (Fsp3) is 0.800. The molecule has 124 valence electrons. The molecule has 0 aliphatic carbocycles. The van der Waals surface area contributed by atoms with Gasteiger partial charge in [0.05, 0.1) is 13.2 Å². The Balaban J connectivity index is 3.80. The van der Waals surface area contributed by atoms with Crippen LogP contribution < -0.4 is 5.11 Å². The van der Waals surface area contributed by atoms with E-state index in [0.717, 1.165) is 25.7 Å². The van der Waals surface area contributed by atoms with Crippen molar-refractivity contribution in [1.29, 1.82) is 0 Å². The third kappa shape index (κ3) is 10.4. The number of hydrogen-bond donors (Lipinski definition) is 2. The van der Waals surface area contributed by atoms with Crippen LogP contribution in [0, 0.1) is 0 Å². The van der Waals surface area contributed by atoms with E-state index in [-0.39, 0.29) is 30.9 Å². The normalized spacial score (nSPS) is 12.1. The Bertz CT molecular complexity index is 290. The molecule has 0 atom stereocenters. The zero-order valence-corrected chi connectivity index (χ0v) is 13.0. The Labute approximate surface area is 127 Å². The fourth-order valence-electron chi connectivity index (χ4n) is 1.83. The largest absolute Gasteiger partial charge is 0.550 e. The van der Waals surface area contributed by atoms with E-state index in [9.17, 15) is 20.1 Å². The van der Waals surface area contributed by atoms with E-state index in [4.69, 9.17) is 4.74 Å².